The van der Waals surface area contributed by atoms with E-state index in [1.165, 1.54) is 0 Å². The summed E-state index contributed by atoms with van der Waals surface area (Å²) in [6.45, 7) is 4.20. The highest BCUT2D eigenvalue weighted by molar-refractivity contribution is 5.72. The van der Waals surface area contributed by atoms with Gasteiger partial charge in [0, 0.05) is 0 Å². The Morgan fingerprint density at radius 3 is 2.40 bits per heavy atom. The van der Waals surface area contributed by atoms with Crippen molar-refractivity contribution in [2.75, 3.05) is 0 Å². The van der Waals surface area contributed by atoms with E-state index >= 15 is 0 Å². The van der Waals surface area contributed by atoms with Crippen molar-refractivity contribution in [1.29, 1.82) is 0 Å². The third-order valence-corrected chi connectivity index (χ3v) is 1.39. The molecular formula is C9H16O. The van der Waals surface area contributed by atoms with Gasteiger partial charge < -0.3 is 0 Å². The van der Waals surface area contributed by atoms with Crippen molar-refractivity contribution in [3.8, 4) is 0 Å². The molecule has 0 aliphatic heterocycles. The number of carbonyl (C=O) groups is 1. The predicted octanol–water partition coefficient (Wildman–Crippen LogP) is 2.71. The van der Waals surface area contributed by atoms with Gasteiger partial charge in [-0.3, -0.25) is 4.79 Å². The van der Waals surface area contributed by atoms with Crippen LogP contribution in [-0.2, 0) is 4.79 Å². The fourth-order valence-corrected chi connectivity index (χ4v) is 0.828. The Labute approximate surface area is 63.1 Å². The maximum atomic E-state index is 10.3. The van der Waals surface area contributed by atoms with Crippen LogP contribution in [0.25, 0.3) is 0 Å². The van der Waals surface area contributed by atoms with Gasteiger partial charge >= 0.3 is 0 Å². The number of hydrogen-bond acceptors (Lipinski definition) is 1. The first kappa shape index (κ1) is 9.41. The summed E-state index contributed by atoms with van der Waals surface area (Å²) >= 11 is 0. The molecule has 0 atom stereocenters. The molecule has 0 aromatic carbocycles. The van der Waals surface area contributed by atoms with Crippen LogP contribution in [-0.4, -0.2) is 6.29 Å². The average Bonchev–Trinajstić information content (AvgIpc) is 1.98. The van der Waals surface area contributed by atoms with Crippen molar-refractivity contribution >= 4 is 6.29 Å². The summed E-state index contributed by atoms with van der Waals surface area (Å²) in [6.07, 6.45) is 7.17. The van der Waals surface area contributed by atoms with Crippen LogP contribution in [0.2, 0.25) is 0 Å². The van der Waals surface area contributed by atoms with Crippen LogP contribution < -0.4 is 0 Å². The maximum absolute atomic E-state index is 10.3. The van der Waals surface area contributed by atoms with Gasteiger partial charge in [-0.25, -0.2) is 0 Å². The van der Waals surface area contributed by atoms with Crippen molar-refractivity contribution in [2.45, 2.75) is 39.5 Å². The van der Waals surface area contributed by atoms with E-state index in [1.54, 1.807) is 0 Å². The smallest absolute Gasteiger partial charge is 0.145 e. The molecule has 0 heterocycles. The molecule has 0 radical (unpaired) electrons. The molecule has 0 N–H and O–H groups in total. The summed E-state index contributed by atoms with van der Waals surface area (Å²) in [6, 6.07) is 0. The van der Waals surface area contributed by atoms with E-state index in [0.717, 1.165) is 37.5 Å². The predicted molar refractivity (Wildman–Crippen MR) is 44.0 cm³/mol. The Morgan fingerprint density at radius 1 is 1.30 bits per heavy atom. The lowest BCUT2D eigenvalue weighted by atomic mass is 10.1. The molecule has 0 fully saturated rings. The standard InChI is InChI=1S/C9H16O/c1-3-5-7-9(8-10)6-4-2/h7-8H,3-6H2,1-2H3/b9-7+. The fraction of sp³-hybridized carbons (Fsp3) is 0.667. The first-order chi connectivity index (χ1) is 4.85. The van der Waals surface area contributed by atoms with Gasteiger partial charge in [0.25, 0.3) is 0 Å². The molecule has 0 bridgehead atoms. The molecule has 0 rings (SSSR count). The van der Waals surface area contributed by atoms with Crippen LogP contribution in [0.4, 0.5) is 0 Å². The van der Waals surface area contributed by atoms with E-state index < -0.39 is 0 Å². The zero-order valence-corrected chi connectivity index (χ0v) is 6.89. The quantitative estimate of drug-likeness (QED) is 0.424. The average molecular weight is 140 g/mol. The molecule has 0 saturated heterocycles. The first-order valence-corrected chi connectivity index (χ1v) is 3.99. The van der Waals surface area contributed by atoms with Gasteiger partial charge in [-0.1, -0.05) is 32.8 Å². The van der Waals surface area contributed by atoms with Crippen LogP contribution in [0.5, 0.6) is 0 Å². The van der Waals surface area contributed by atoms with Crippen molar-refractivity contribution in [1.82, 2.24) is 0 Å². The normalized spacial score (nSPS) is 11.6. The van der Waals surface area contributed by atoms with Crippen molar-refractivity contribution in [3.05, 3.63) is 11.6 Å². The zero-order chi connectivity index (χ0) is 7.82. The minimum atomic E-state index is 0.934. The minimum absolute atomic E-state index is 0.934. The molecule has 0 aromatic heterocycles. The number of unbranched alkanes of at least 4 members (excludes halogenated alkanes) is 1. The van der Waals surface area contributed by atoms with Crippen molar-refractivity contribution in [3.63, 3.8) is 0 Å². The highest BCUT2D eigenvalue weighted by atomic mass is 16.1. The number of allylic oxidation sites excluding steroid dienone is 2. The summed E-state index contributed by atoms with van der Waals surface area (Å²) in [5.41, 5.74) is 0.962. The molecule has 0 spiro atoms. The van der Waals surface area contributed by atoms with Crippen molar-refractivity contribution in [2.24, 2.45) is 0 Å². The Morgan fingerprint density at radius 2 is 2.00 bits per heavy atom. The summed E-state index contributed by atoms with van der Waals surface area (Å²) < 4.78 is 0. The van der Waals surface area contributed by atoms with E-state index in [-0.39, 0.29) is 0 Å². The van der Waals surface area contributed by atoms with Crippen LogP contribution in [0, 0.1) is 0 Å². The Bertz CT molecular complexity index is 114. The van der Waals surface area contributed by atoms with E-state index in [9.17, 15) is 4.79 Å². The van der Waals surface area contributed by atoms with Gasteiger partial charge in [-0.15, -0.1) is 0 Å². The Kier molecular flexibility index (Phi) is 6.14. The second-order valence-electron chi connectivity index (χ2n) is 2.44. The van der Waals surface area contributed by atoms with Crippen LogP contribution in [0.3, 0.4) is 0 Å². The number of hydrogen-bond donors (Lipinski definition) is 0. The summed E-state index contributed by atoms with van der Waals surface area (Å²) in [5.74, 6) is 0. The van der Waals surface area contributed by atoms with Crippen molar-refractivity contribution < 1.29 is 4.79 Å². The SMILES string of the molecule is CCC/C=C(/C=O)CCC. The number of rotatable bonds is 5. The van der Waals surface area contributed by atoms with Gasteiger partial charge in [0.05, 0.1) is 0 Å². The molecule has 58 valence electrons. The monoisotopic (exact) mass is 140 g/mol. The summed E-state index contributed by atoms with van der Waals surface area (Å²) in [5, 5.41) is 0. The molecule has 1 nitrogen and oxygen atoms in total. The molecule has 0 unspecified atom stereocenters. The lowest BCUT2D eigenvalue weighted by Crippen LogP contribution is -1.83. The Balaban J connectivity index is 3.66. The molecule has 0 aliphatic rings. The maximum Gasteiger partial charge on any atom is 0.145 e. The zero-order valence-electron chi connectivity index (χ0n) is 6.89. The van der Waals surface area contributed by atoms with Gasteiger partial charge in [-0.05, 0) is 18.4 Å². The third-order valence-electron chi connectivity index (χ3n) is 1.39. The van der Waals surface area contributed by atoms with Gasteiger partial charge in [0.1, 0.15) is 6.29 Å². The van der Waals surface area contributed by atoms with E-state index in [4.69, 9.17) is 0 Å². The second-order valence-corrected chi connectivity index (χ2v) is 2.44. The van der Waals surface area contributed by atoms with E-state index in [1.807, 2.05) is 6.08 Å². The van der Waals surface area contributed by atoms with Crippen LogP contribution in [0.15, 0.2) is 11.6 Å². The van der Waals surface area contributed by atoms with Crippen LogP contribution >= 0.6 is 0 Å². The minimum Gasteiger partial charge on any atom is -0.298 e. The highest BCUT2D eigenvalue weighted by Gasteiger charge is 1.90. The molecular weight excluding hydrogens is 124 g/mol. The largest absolute Gasteiger partial charge is 0.298 e. The molecule has 0 amide bonds. The molecule has 0 saturated carbocycles. The molecule has 0 aliphatic carbocycles. The fourth-order valence-electron chi connectivity index (χ4n) is 0.828. The van der Waals surface area contributed by atoms with Gasteiger partial charge in [-0.2, -0.15) is 0 Å². The van der Waals surface area contributed by atoms with Gasteiger partial charge in [0.15, 0.2) is 0 Å². The van der Waals surface area contributed by atoms with E-state index in [2.05, 4.69) is 13.8 Å². The molecule has 1 heteroatoms. The molecule has 0 aromatic rings. The second kappa shape index (κ2) is 6.53. The lowest BCUT2D eigenvalue weighted by molar-refractivity contribution is -0.105. The topological polar surface area (TPSA) is 17.1 Å². The first-order valence-electron chi connectivity index (χ1n) is 3.99. The number of aldehydes is 1. The van der Waals surface area contributed by atoms with Gasteiger partial charge in [0.2, 0.25) is 0 Å². The lowest BCUT2D eigenvalue weighted by Gasteiger charge is -1.93. The number of carbonyl (C=O) groups excluding carboxylic acids is 1. The van der Waals surface area contributed by atoms with Crippen LogP contribution in [0.1, 0.15) is 39.5 Å². The highest BCUT2D eigenvalue weighted by Crippen LogP contribution is 2.03. The third kappa shape index (κ3) is 4.30. The summed E-state index contributed by atoms with van der Waals surface area (Å²) in [7, 11) is 0. The van der Waals surface area contributed by atoms with E-state index in [0.29, 0.717) is 0 Å². The Hall–Kier alpha value is -0.590. The molecule has 10 heavy (non-hydrogen) atoms. The summed E-state index contributed by atoms with van der Waals surface area (Å²) in [4.78, 5) is 10.3.